The van der Waals surface area contributed by atoms with Crippen molar-refractivity contribution in [1.29, 1.82) is 0 Å². The molecule has 2 heteroatoms. The molecule has 1 aromatic rings. The molecule has 1 aliphatic heterocycles. The first-order valence-electron chi connectivity index (χ1n) is 5.17. The molecule has 1 aromatic carbocycles. The summed E-state index contributed by atoms with van der Waals surface area (Å²) in [4.78, 5) is 0. The van der Waals surface area contributed by atoms with Crippen molar-refractivity contribution < 1.29 is 0 Å². The first-order chi connectivity index (χ1) is 6.89. The number of rotatable bonds is 0. The minimum Gasteiger partial charge on any atom is -0.376 e. The fourth-order valence-electron chi connectivity index (χ4n) is 2.20. The summed E-state index contributed by atoms with van der Waals surface area (Å²) in [5.74, 6) is 0. The maximum absolute atomic E-state index is 6.06. The summed E-state index contributed by atoms with van der Waals surface area (Å²) in [6, 6.07) is 4.03. The Morgan fingerprint density at radius 2 is 1.87 bits per heavy atom. The monoisotopic (exact) mass is 221 g/mol. The Kier molecular flexibility index (Phi) is 2.31. The van der Waals surface area contributed by atoms with Gasteiger partial charge in [0, 0.05) is 16.3 Å². The highest BCUT2D eigenvalue weighted by Crippen LogP contribution is 2.37. The zero-order chi connectivity index (χ0) is 11.2. The van der Waals surface area contributed by atoms with E-state index in [1.807, 2.05) is 12.1 Å². The fraction of sp³-hybridized carbons (Fsp3) is 0.385. The van der Waals surface area contributed by atoms with Crippen molar-refractivity contribution in [2.24, 2.45) is 0 Å². The number of hydrogen-bond donors (Lipinski definition) is 1. The highest BCUT2D eigenvalue weighted by atomic mass is 35.5. The second-order valence-electron chi connectivity index (χ2n) is 4.82. The largest absolute Gasteiger partial charge is 0.376 e. The van der Waals surface area contributed by atoms with E-state index in [-0.39, 0.29) is 5.54 Å². The molecule has 1 aliphatic rings. The number of anilines is 1. The van der Waals surface area contributed by atoms with Crippen LogP contribution in [-0.4, -0.2) is 5.54 Å². The van der Waals surface area contributed by atoms with E-state index in [1.165, 1.54) is 22.4 Å². The Balaban J connectivity index is 2.65. The molecule has 0 atom stereocenters. The van der Waals surface area contributed by atoms with Crippen LogP contribution in [-0.2, 0) is 0 Å². The summed E-state index contributed by atoms with van der Waals surface area (Å²) >= 11 is 6.06. The molecule has 1 heterocycles. The van der Waals surface area contributed by atoms with Gasteiger partial charge in [-0.2, -0.15) is 0 Å². The zero-order valence-electron chi connectivity index (χ0n) is 9.61. The van der Waals surface area contributed by atoms with Gasteiger partial charge in [-0.15, -0.1) is 0 Å². The van der Waals surface area contributed by atoms with Gasteiger partial charge in [0.25, 0.3) is 0 Å². The van der Waals surface area contributed by atoms with Gasteiger partial charge in [0.15, 0.2) is 0 Å². The SMILES string of the molecule is CC1=CC(C)(C)Nc2c(C)cc(Cl)cc21. The smallest absolute Gasteiger partial charge is 0.0506 e. The van der Waals surface area contributed by atoms with Crippen LogP contribution in [0.4, 0.5) is 5.69 Å². The van der Waals surface area contributed by atoms with Gasteiger partial charge in [-0.3, -0.25) is 0 Å². The summed E-state index contributed by atoms with van der Waals surface area (Å²) in [5, 5.41) is 4.33. The van der Waals surface area contributed by atoms with Crippen molar-refractivity contribution in [2.45, 2.75) is 33.2 Å². The molecule has 0 saturated carbocycles. The van der Waals surface area contributed by atoms with Crippen LogP contribution < -0.4 is 5.32 Å². The molecule has 0 unspecified atom stereocenters. The Hall–Kier alpha value is -0.950. The average Bonchev–Trinajstić information content (AvgIpc) is 2.06. The van der Waals surface area contributed by atoms with Crippen molar-refractivity contribution >= 4 is 22.9 Å². The topological polar surface area (TPSA) is 12.0 Å². The molecule has 0 aliphatic carbocycles. The van der Waals surface area contributed by atoms with Gasteiger partial charge in [0.2, 0.25) is 0 Å². The molecule has 2 rings (SSSR count). The Morgan fingerprint density at radius 1 is 1.20 bits per heavy atom. The highest BCUT2D eigenvalue weighted by molar-refractivity contribution is 6.31. The normalized spacial score (nSPS) is 17.8. The second-order valence-corrected chi connectivity index (χ2v) is 5.26. The van der Waals surface area contributed by atoms with Crippen molar-refractivity contribution in [1.82, 2.24) is 0 Å². The van der Waals surface area contributed by atoms with Gasteiger partial charge >= 0.3 is 0 Å². The molecule has 0 radical (unpaired) electrons. The summed E-state index contributed by atoms with van der Waals surface area (Å²) in [6.45, 7) is 8.57. The van der Waals surface area contributed by atoms with Crippen LogP contribution in [0.5, 0.6) is 0 Å². The minimum absolute atomic E-state index is 0.0235. The lowest BCUT2D eigenvalue weighted by molar-refractivity contribution is 0.706. The molecule has 0 bridgehead atoms. The molecule has 80 valence electrons. The molecule has 0 aromatic heterocycles. The first kappa shape index (κ1) is 10.6. The summed E-state index contributed by atoms with van der Waals surface area (Å²) in [7, 11) is 0. The maximum atomic E-state index is 6.06. The summed E-state index contributed by atoms with van der Waals surface area (Å²) in [5.41, 5.74) is 4.96. The number of allylic oxidation sites excluding steroid dienone is 1. The Morgan fingerprint density at radius 3 is 2.53 bits per heavy atom. The van der Waals surface area contributed by atoms with Crippen LogP contribution in [0.15, 0.2) is 18.2 Å². The zero-order valence-corrected chi connectivity index (χ0v) is 10.4. The van der Waals surface area contributed by atoms with E-state index >= 15 is 0 Å². The van der Waals surface area contributed by atoms with E-state index in [0.717, 1.165) is 5.02 Å². The van der Waals surface area contributed by atoms with Gasteiger partial charge in [0.1, 0.15) is 0 Å². The van der Waals surface area contributed by atoms with Crippen LogP contribution in [0.3, 0.4) is 0 Å². The van der Waals surface area contributed by atoms with Gasteiger partial charge in [0.05, 0.1) is 5.54 Å². The third kappa shape index (κ3) is 1.89. The Labute approximate surface area is 96.1 Å². The van der Waals surface area contributed by atoms with Gasteiger partial charge < -0.3 is 5.32 Å². The predicted molar refractivity (Wildman–Crippen MR) is 67.5 cm³/mol. The van der Waals surface area contributed by atoms with Crippen LogP contribution in [0.1, 0.15) is 31.9 Å². The predicted octanol–water partition coefficient (Wildman–Crippen LogP) is 4.26. The highest BCUT2D eigenvalue weighted by Gasteiger charge is 2.23. The lowest BCUT2D eigenvalue weighted by atomic mass is 9.90. The Bertz CT molecular complexity index is 444. The van der Waals surface area contributed by atoms with E-state index < -0.39 is 0 Å². The lowest BCUT2D eigenvalue weighted by Gasteiger charge is -2.32. The van der Waals surface area contributed by atoms with Gasteiger partial charge in [-0.1, -0.05) is 17.7 Å². The second kappa shape index (κ2) is 3.28. The number of hydrogen-bond acceptors (Lipinski definition) is 1. The minimum atomic E-state index is 0.0235. The van der Waals surface area contributed by atoms with Crippen LogP contribution in [0.25, 0.3) is 5.57 Å². The van der Waals surface area contributed by atoms with E-state index in [9.17, 15) is 0 Å². The molecule has 1 N–H and O–H groups in total. The van der Waals surface area contributed by atoms with Crippen molar-refractivity contribution in [3.8, 4) is 0 Å². The third-order valence-electron chi connectivity index (χ3n) is 2.75. The number of aryl methyl sites for hydroxylation is 1. The summed E-state index contributed by atoms with van der Waals surface area (Å²) < 4.78 is 0. The molecule has 0 saturated heterocycles. The van der Waals surface area contributed by atoms with Gasteiger partial charge in [-0.05, 0) is 51.0 Å². The molecular formula is C13H16ClN. The van der Waals surface area contributed by atoms with E-state index in [1.54, 1.807) is 0 Å². The molecule has 15 heavy (non-hydrogen) atoms. The average molecular weight is 222 g/mol. The lowest BCUT2D eigenvalue weighted by Crippen LogP contribution is -2.31. The number of halogens is 1. The molecule has 1 nitrogen and oxygen atoms in total. The summed E-state index contributed by atoms with van der Waals surface area (Å²) in [6.07, 6.45) is 2.24. The van der Waals surface area contributed by atoms with E-state index in [4.69, 9.17) is 11.6 Å². The fourth-order valence-corrected chi connectivity index (χ4v) is 2.47. The van der Waals surface area contributed by atoms with Crippen molar-refractivity contribution in [3.05, 3.63) is 34.4 Å². The standard InChI is InChI=1S/C13H16ClN/c1-8-5-10(14)6-11-9(2)7-13(3,4)15-12(8)11/h5-7,15H,1-4H3. The van der Waals surface area contributed by atoms with Gasteiger partial charge in [-0.25, -0.2) is 0 Å². The number of benzene rings is 1. The number of nitrogens with one attached hydrogen (secondary N) is 1. The molecular weight excluding hydrogens is 206 g/mol. The van der Waals surface area contributed by atoms with Crippen LogP contribution in [0.2, 0.25) is 5.02 Å². The molecule has 0 spiro atoms. The maximum Gasteiger partial charge on any atom is 0.0506 e. The molecule has 0 fully saturated rings. The quantitative estimate of drug-likeness (QED) is 0.691. The van der Waals surface area contributed by atoms with Crippen LogP contribution >= 0.6 is 11.6 Å². The van der Waals surface area contributed by atoms with Crippen molar-refractivity contribution in [2.75, 3.05) is 5.32 Å². The van der Waals surface area contributed by atoms with Crippen molar-refractivity contribution in [3.63, 3.8) is 0 Å². The van der Waals surface area contributed by atoms with Crippen LogP contribution in [0, 0.1) is 6.92 Å². The first-order valence-corrected chi connectivity index (χ1v) is 5.55. The molecule has 0 amide bonds. The number of fused-ring (bicyclic) bond motifs is 1. The van der Waals surface area contributed by atoms with E-state index in [0.29, 0.717) is 0 Å². The third-order valence-corrected chi connectivity index (χ3v) is 2.97. The van der Waals surface area contributed by atoms with E-state index in [2.05, 4.69) is 39.1 Å².